The summed E-state index contributed by atoms with van der Waals surface area (Å²) in [4.78, 5) is 9.69. The van der Waals surface area contributed by atoms with Crippen molar-refractivity contribution in [1.82, 2.24) is 0 Å². The van der Waals surface area contributed by atoms with Crippen LogP contribution in [0.15, 0.2) is 29.2 Å². The Bertz CT molecular complexity index is 499. The topological polar surface area (TPSA) is 72.8 Å². The summed E-state index contributed by atoms with van der Waals surface area (Å²) in [6, 6.07) is 5.82. The third-order valence-electron chi connectivity index (χ3n) is 3.11. The first-order valence-corrected chi connectivity index (χ1v) is 8.85. The molecule has 0 spiro atoms. The molecule has 0 unspecified atom stereocenters. The highest BCUT2D eigenvalue weighted by Gasteiger charge is 2.16. The summed E-state index contributed by atoms with van der Waals surface area (Å²) in [7, 11) is -4.30. The second-order valence-corrected chi connectivity index (χ2v) is 6.34. The van der Waals surface area contributed by atoms with Gasteiger partial charge in [-0.3, -0.25) is 4.55 Å². The molecule has 0 aliphatic heterocycles. The molecule has 6 heteroatoms. The highest BCUT2D eigenvalue weighted by Crippen LogP contribution is 2.23. The van der Waals surface area contributed by atoms with E-state index in [1.54, 1.807) is 6.07 Å². The Labute approximate surface area is 127 Å². The number of hydrogen-bond acceptors (Lipinski definition) is 4. The van der Waals surface area contributed by atoms with Crippen molar-refractivity contribution < 1.29 is 22.7 Å². The molecule has 120 valence electrons. The average Bonchev–Trinajstić information content (AvgIpc) is 2.45. The predicted octanol–water partition coefficient (Wildman–Crippen LogP) is 3.99. The van der Waals surface area contributed by atoms with Crippen molar-refractivity contribution in [2.75, 3.05) is 6.61 Å². The van der Waals surface area contributed by atoms with Crippen molar-refractivity contribution in [3.05, 3.63) is 24.3 Å². The lowest BCUT2D eigenvalue weighted by Crippen LogP contribution is -2.05. The van der Waals surface area contributed by atoms with Crippen LogP contribution >= 0.6 is 0 Å². The van der Waals surface area contributed by atoms with E-state index in [1.165, 1.54) is 50.3 Å². The lowest BCUT2D eigenvalue weighted by Gasteiger charge is -2.08. The van der Waals surface area contributed by atoms with E-state index in [-0.39, 0.29) is 10.6 Å². The van der Waals surface area contributed by atoms with Gasteiger partial charge in [0, 0.05) is 0 Å². The van der Waals surface area contributed by atoms with Crippen molar-refractivity contribution in [1.29, 1.82) is 0 Å². The van der Waals surface area contributed by atoms with Gasteiger partial charge in [-0.25, -0.2) is 0 Å². The highest BCUT2D eigenvalue weighted by molar-refractivity contribution is 7.86. The van der Waals surface area contributed by atoms with Crippen LogP contribution in [0.3, 0.4) is 0 Å². The minimum absolute atomic E-state index is 0.00273. The highest BCUT2D eigenvalue weighted by atomic mass is 32.2. The van der Waals surface area contributed by atoms with Crippen LogP contribution in [0.2, 0.25) is 0 Å². The van der Waals surface area contributed by atoms with E-state index >= 15 is 0 Å². The fourth-order valence-corrected chi connectivity index (χ4v) is 2.56. The summed E-state index contributed by atoms with van der Waals surface area (Å²) < 4.78 is 31.3. The monoisotopic (exact) mass is 316 g/mol. The molecule has 0 fully saturated rings. The van der Waals surface area contributed by atoms with Crippen LogP contribution in [0.1, 0.15) is 51.9 Å². The van der Waals surface area contributed by atoms with Gasteiger partial charge in [0.05, 0.1) is 6.61 Å². The van der Waals surface area contributed by atoms with Gasteiger partial charge in [-0.1, -0.05) is 57.6 Å². The second kappa shape index (κ2) is 9.76. The van der Waals surface area contributed by atoms with E-state index < -0.39 is 10.1 Å². The molecule has 21 heavy (non-hydrogen) atoms. The van der Waals surface area contributed by atoms with Crippen molar-refractivity contribution in [2.24, 2.45) is 0 Å². The standard InChI is InChI=1S/C15H24O5S/c1-2-3-4-5-6-7-10-13-19-20-14-11-8-9-12-15(14)21(16,17)18/h8-9,11-12H,2-7,10,13H2,1H3,(H,16,17,18). The zero-order chi connectivity index (χ0) is 15.6. The first kappa shape index (κ1) is 17.9. The molecule has 1 aromatic carbocycles. The largest absolute Gasteiger partial charge is 0.336 e. The van der Waals surface area contributed by atoms with Crippen LogP contribution in [0.4, 0.5) is 0 Å². The first-order chi connectivity index (χ1) is 10.1. The van der Waals surface area contributed by atoms with E-state index in [2.05, 4.69) is 6.92 Å². The molecule has 0 heterocycles. The van der Waals surface area contributed by atoms with Gasteiger partial charge in [0.2, 0.25) is 0 Å². The van der Waals surface area contributed by atoms with Gasteiger partial charge >= 0.3 is 0 Å². The van der Waals surface area contributed by atoms with Gasteiger partial charge in [-0.15, -0.1) is 0 Å². The Morgan fingerprint density at radius 3 is 2.29 bits per heavy atom. The second-order valence-electron chi connectivity index (χ2n) is 4.95. The molecule has 0 aliphatic rings. The molecule has 0 atom stereocenters. The number of benzene rings is 1. The summed E-state index contributed by atoms with van der Waals surface area (Å²) in [5.41, 5.74) is 0. The van der Waals surface area contributed by atoms with Crippen molar-refractivity contribution >= 4 is 10.1 Å². The number of hydrogen-bond donors (Lipinski definition) is 1. The van der Waals surface area contributed by atoms with Crippen LogP contribution < -0.4 is 4.89 Å². The molecule has 0 radical (unpaired) electrons. The number of para-hydroxylation sites is 1. The Kier molecular flexibility index (Phi) is 8.34. The molecule has 1 N–H and O–H groups in total. The molecule has 1 aromatic rings. The summed E-state index contributed by atoms with van der Waals surface area (Å²) in [5, 5.41) is 0. The normalized spacial score (nSPS) is 11.5. The van der Waals surface area contributed by atoms with Crippen LogP contribution in [0.5, 0.6) is 5.75 Å². The zero-order valence-electron chi connectivity index (χ0n) is 12.5. The minimum atomic E-state index is -4.30. The van der Waals surface area contributed by atoms with Crippen LogP contribution in [-0.2, 0) is 15.0 Å². The Balaban J connectivity index is 2.22. The number of rotatable bonds is 11. The van der Waals surface area contributed by atoms with Crippen LogP contribution in [0.25, 0.3) is 0 Å². The van der Waals surface area contributed by atoms with Gasteiger partial charge in [0.25, 0.3) is 10.1 Å². The molecule has 1 rings (SSSR count). The summed E-state index contributed by atoms with van der Waals surface area (Å²) in [6.45, 7) is 2.59. The molecule has 0 saturated heterocycles. The first-order valence-electron chi connectivity index (χ1n) is 7.41. The lowest BCUT2D eigenvalue weighted by atomic mass is 10.1. The molecule has 0 aromatic heterocycles. The Hall–Kier alpha value is -1.11. The number of unbranched alkanes of at least 4 members (excludes halogenated alkanes) is 6. The van der Waals surface area contributed by atoms with Crippen molar-refractivity contribution in [3.8, 4) is 5.75 Å². The van der Waals surface area contributed by atoms with E-state index in [9.17, 15) is 8.42 Å². The molecule has 0 bridgehead atoms. The predicted molar refractivity (Wildman–Crippen MR) is 80.8 cm³/mol. The van der Waals surface area contributed by atoms with Crippen molar-refractivity contribution in [2.45, 2.75) is 56.8 Å². The average molecular weight is 316 g/mol. The summed E-state index contributed by atoms with van der Waals surface area (Å²) in [6.07, 6.45) is 8.13. The maximum Gasteiger partial charge on any atom is 0.298 e. The van der Waals surface area contributed by atoms with Gasteiger partial charge in [0.1, 0.15) is 4.90 Å². The smallest absolute Gasteiger partial charge is 0.298 e. The zero-order valence-corrected chi connectivity index (χ0v) is 13.3. The van der Waals surface area contributed by atoms with Gasteiger partial charge in [-0.05, 0) is 18.6 Å². The van der Waals surface area contributed by atoms with Gasteiger partial charge in [-0.2, -0.15) is 13.3 Å². The van der Waals surface area contributed by atoms with E-state index in [4.69, 9.17) is 14.3 Å². The van der Waals surface area contributed by atoms with Crippen LogP contribution in [-0.4, -0.2) is 19.6 Å². The third kappa shape index (κ3) is 7.45. The third-order valence-corrected chi connectivity index (χ3v) is 4.00. The van der Waals surface area contributed by atoms with Gasteiger partial charge < -0.3 is 4.89 Å². The fourth-order valence-electron chi connectivity index (χ4n) is 1.96. The SMILES string of the molecule is CCCCCCCCCOOc1ccccc1S(=O)(=O)O. The van der Waals surface area contributed by atoms with E-state index in [0.717, 1.165) is 12.8 Å². The molecule has 0 saturated carbocycles. The van der Waals surface area contributed by atoms with Crippen LogP contribution in [0, 0.1) is 0 Å². The maximum atomic E-state index is 11.1. The van der Waals surface area contributed by atoms with Gasteiger partial charge in [0.15, 0.2) is 5.75 Å². The molecule has 0 aliphatic carbocycles. The fraction of sp³-hybridized carbons (Fsp3) is 0.600. The summed E-state index contributed by atoms with van der Waals surface area (Å²) >= 11 is 0. The summed E-state index contributed by atoms with van der Waals surface area (Å²) in [5.74, 6) is 0.00273. The van der Waals surface area contributed by atoms with E-state index in [1.807, 2.05) is 0 Å². The molecule has 5 nitrogen and oxygen atoms in total. The quantitative estimate of drug-likeness (QED) is 0.289. The lowest BCUT2D eigenvalue weighted by molar-refractivity contribution is -0.209. The van der Waals surface area contributed by atoms with E-state index in [0.29, 0.717) is 6.61 Å². The van der Waals surface area contributed by atoms with Crippen molar-refractivity contribution in [3.63, 3.8) is 0 Å². The molecule has 0 amide bonds. The maximum absolute atomic E-state index is 11.1. The molecular weight excluding hydrogens is 292 g/mol. The molecular formula is C15H24O5S. The Morgan fingerprint density at radius 1 is 1.00 bits per heavy atom. The minimum Gasteiger partial charge on any atom is -0.336 e. The Morgan fingerprint density at radius 2 is 1.62 bits per heavy atom.